The van der Waals surface area contributed by atoms with Gasteiger partial charge in [0.1, 0.15) is 6.61 Å². The lowest BCUT2D eigenvalue weighted by Crippen LogP contribution is -2.15. The van der Waals surface area contributed by atoms with Gasteiger partial charge in [-0.2, -0.15) is 0 Å². The summed E-state index contributed by atoms with van der Waals surface area (Å²) in [6.45, 7) is 18.9. The van der Waals surface area contributed by atoms with E-state index < -0.39 is 5.97 Å². The van der Waals surface area contributed by atoms with Crippen LogP contribution < -0.4 is 0 Å². The van der Waals surface area contributed by atoms with Gasteiger partial charge >= 0.3 is 5.97 Å². The van der Waals surface area contributed by atoms with E-state index in [1.165, 1.54) is 19.3 Å². The Kier molecular flexibility index (Phi) is 37.9. The summed E-state index contributed by atoms with van der Waals surface area (Å²) < 4.78 is 64.9. The van der Waals surface area contributed by atoms with Crippen LogP contribution in [0.3, 0.4) is 0 Å². The van der Waals surface area contributed by atoms with Crippen LogP contribution in [0, 0.1) is 0 Å². The van der Waals surface area contributed by atoms with Crippen molar-refractivity contribution in [2.45, 2.75) is 39.5 Å². The molecule has 0 aliphatic heterocycles. The first-order valence-corrected chi connectivity index (χ1v) is 16.4. The predicted octanol–water partition coefficient (Wildman–Crippen LogP) is 2.87. The maximum atomic E-state index is 11.2. The number of carbonyl (C=O) groups is 1. The van der Waals surface area contributed by atoms with Crippen LogP contribution in [0.25, 0.3) is 0 Å². The van der Waals surface area contributed by atoms with Gasteiger partial charge in [0.25, 0.3) is 0 Å². The minimum absolute atomic E-state index is 0.201. The highest BCUT2D eigenvalue weighted by molar-refractivity contribution is 5.86. The van der Waals surface area contributed by atoms with Crippen molar-refractivity contribution in [1.82, 2.24) is 0 Å². The average molecular weight is 655 g/mol. The summed E-state index contributed by atoms with van der Waals surface area (Å²) in [5.74, 6) is -0.411. The van der Waals surface area contributed by atoms with E-state index in [9.17, 15) is 4.79 Å². The summed E-state index contributed by atoms with van der Waals surface area (Å²) in [7, 11) is 0. The Hall–Kier alpha value is -1.23. The molecule has 0 N–H and O–H groups in total. The summed E-state index contributed by atoms with van der Waals surface area (Å²) in [6, 6.07) is 0. The van der Waals surface area contributed by atoms with Crippen molar-refractivity contribution in [3.8, 4) is 0 Å². The molecule has 0 spiro atoms. The van der Waals surface area contributed by atoms with Crippen molar-refractivity contribution in [2.24, 2.45) is 0 Å². The quantitative estimate of drug-likeness (QED) is 0.0548. The molecule has 0 rings (SSSR count). The highest BCUT2D eigenvalue weighted by Gasteiger charge is 2.02. The first-order chi connectivity index (χ1) is 22.2. The van der Waals surface area contributed by atoms with Crippen molar-refractivity contribution in [1.29, 1.82) is 0 Å². The third-order valence-electron chi connectivity index (χ3n) is 5.67. The first kappa shape index (κ1) is 43.8. The van der Waals surface area contributed by atoms with Crippen molar-refractivity contribution in [3.63, 3.8) is 0 Å². The molecule has 0 aliphatic carbocycles. The minimum Gasteiger partial charge on any atom is -0.460 e. The van der Waals surface area contributed by atoms with Gasteiger partial charge in [-0.3, -0.25) is 0 Å². The molecule has 0 amide bonds. The second kappa shape index (κ2) is 39.0. The number of unbranched alkanes of at least 4 members (excludes halogenated alkanes) is 3. The van der Waals surface area contributed by atoms with Crippen LogP contribution in [0.5, 0.6) is 0 Å². The lowest BCUT2D eigenvalue weighted by atomic mass is 10.2. The number of ether oxygens (including phenoxy) is 12. The SMILES string of the molecule is C=C(C)C(=O)OCCOCCOCCOCCOCCOCCOCCOCCOCCOCCOCCOCCCCCC. The molecule has 0 heterocycles. The molecule has 0 aromatic heterocycles. The molecule has 0 aromatic carbocycles. The summed E-state index contributed by atoms with van der Waals surface area (Å²) in [4.78, 5) is 11.2. The zero-order valence-electron chi connectivity index (χ0n) is 28.1. The molecule has 0 radical (unpaired) electrons. The molecule has 0 atom stereocenters. The number of rotatable bonds is 39. The Morgan fingerprint density at radius 1 is 0.378 bits per heavy atom. The average Bonchev–Trinajstić information content (AvgIpc) is 3.04. The van der Waals surface area contributed by atoms with Gasteiger partial charge in [-0.1, -0.05) is 32.8 Å². The fourth-order valence-corrected chi connectivity index (χ4v) is 3.25. The van der Waals surface area contributed by atoms with Gasteiger partial charge in [-0.15, -0.1) is 0 Å². The van der Waals surface area contributed by atoms with Crippen LogP contribution in [-0.4, -0.2) is 158 Å². The number of carbonyl (C=O) groups excluding carboxylic acids is 1. The van der Waals surface area contributed by atoms with Crippen LogP contribution in [0.1, 0.15) is 39.5 Å². The van der Waals surface area contributed by atoms with Crippen LogP contribution in [0.4, 0.5) is 0 Å². The molecule has 13 nitrogen and oxygen atoms in total. The van der Waals surface area contributed by atoms with Crippen molar-refractivity contribution in [3.05, 3.63) is 12.2 Å². The van der Waals surface area contributed by atoms with E-state index in [1.807, 2.05) is 0 Å². The maximum absolute atomic E-state index is 11.2. The largest absolute Gasteiger partial charge is 0.460 e. The summed E-state index contributed by atoms with van der Waals surface area (Å²) in [6.07, 6.45) is 4.88. The highest BCUT2D eigenvalue weighted by Crippen LogP contribution is 1.98. The van der Waals surface area contributed by atoms with Gasteiger partial charge in [0.05, 0.1) is 139 Å². The molecule has 0 bridgehead atoms. The number of hydrogen-bond acceptors (Lipinski definition) is 13. The van der Waals surface area contributed by atoms with Crippen LogP contribution >= 0.6 is 0 Å². The van der Waals surface area contributed by atoms with E-state index in [-0.39, 0.29) is 6.61 Å². The second-order valence-electron chi connectivity index (χ2n) is 9.71. The normalized spacial score (nSPS) is 11.3. The monoisotopic (exact) mass is 654 g/mol. The van der Waals surface area contributed by atoms with Crippen molar-refractivity contribution >= 4 is 5.97 Å². The standard InChI is InChI=1S/C32H62O13/c1-4-5-6-7-8-34-9-10-35-11-12-36-13-14-37-15-16-38-17-18-39-19-20-40-21-22-41-23-24-42-25-26-43-27-28-44-29-30-45-32(33)31(2)3/h2,4-30H2,1,3H3. The zero-order chi connectivity index (χ0) is 32.7. The molecule has 0 fully saturated rings. The molecular weight excluding hydrogens is 592 g/mol. The number of esters is 1. The lowest BCUT2D eigenvalue weighted by molar-refractivity contribution is -0.140. The zero-order valence-corrected chi connectivity index (χ0v) is 28.1. The fourth-order valence-electron chi connectivity index (χ4n) is 3.25. The van der Waals surface area contributed by atoms with Gasteiger partial charge in [-0.25, -0.2) is 4.79 Å². The smallest absolute Gasteiger partial charge is 0.333 e. The van der Waals surface area contributed by atoms with Crippen LogP contribution in [0.2, 0.25) is 0 Å². The third-order valence-corrected chi connectivity index (χ3v) is 5.67. The fraction of sp³-hybridized carbons (Fsp3) is 0.906. The van der Waals surface area contributed by atoms with Crippen LogP contribution in [0.15, 0.2) is 12.2 Å². The summed E-state index contributed by atoms with van der Waals surface area (Å²) in [5.41, 5.74) is 0.371. The Labute approximate surface area is 271 Å². The van der Waals surface area contributed by atoms with Gasteiger partial charge < -0.3 is 56.8 Å². The van der Waals surface area contributed by atoms with E-state index in [0.29, 0.717) is 144 Å². The van der Waals surface area contributed by atoms with Crippen molar-refractivity contribution < 1.29 is 61.6 Å². The molecule has 45 heavy (non-hydrogen) atoms. The molecule has 0 aliphatic rings. The summed E-state index contributed by atoms with van der Waals surface area (Å²) in [5, 5.41) is 0. The van der Waals surface area contributed by atoms with E-state index in [0.717, 1.165) is 13.0 Å². The molecular formula is C32H62O13. The minimum atomic E-state index is -0.411. The van der Waals surface area contributed by atoms with E-state index in [4.69, 9.17) is 56.8 Å². The summed E-state index contributed by atoms with van der Waals surface area (Å²) >= 11 is 0. The lowest BCUT2D eigenvalue weighted by Gasteiger charge is -2.09. The highest BCUT2D eigenvalue weighted by atomic mass is 16.6. The third kappa shape index (κ3) is 38.9. The molecule has 0 saturated heterocycles. The molecule has 0 saturated carbocycles. The van der Waals surface area contributed by atoms with E-state index >= 15 is 0 Å². The second-order valence-corrected chi connectivity index (χ2v) is 9.71. The number of hydrogen-bond donors (Lipinski definition) is 0. The van der Waals surface area contributed by atoms with E-state index in [1.54, 1.807) is 6.92 Å². The van der Waals surface area contributed by atoms with E-state index in [2.05, 4.69) is 13.5 Å². The molecule has 268 valence electrons. The Morgan fingerprint density at radius 2 is 0.622 bits per heavy atom. The van der Waals surface area contributed by atoms with Crippen LogP contribution in [-0.2, 0) is 61.6 Å². The molecule has 0 unspecified atom stereocenters. The van der Waals surface area contributed by atoms with Gasteiger partial charge in [0, 0.05) is 12.2 Å². The molecule has 13 heteroatoms. The first-order valence-electron chi connectivity index (χ1n) is 16.4. The Balaban J connectivity index is 3.06. The Morgan fingerprint density at radius 3 is 0.867 bits per heavy atom. The van der Waals surface area contributed by atoms with Gasteiger partial charge in [0.15, 0.2) is 0 Å². The van der Waals surface area contributed by atoms with Gasteiger partial charge in [0.2, 0.25) is 0 Å². The van der Waals surface area contributed by atoms with Crippen molar-refractivity contribution in [2.75, 3.05) is 152 Å². The topological polar surface area (TPSA) is 128 Å². The van der Waals surface area contributed by atoms with Gasteiger partial charge in [-0.05, 0) is 13.3 Å². The molecule has 0 aromatic rings. The Bertz CT molecular complexity index is 610. The maximum Gasteiger partial charge on any atom is 0.333 e. The predicted molar refractivity (Wildman–Crippen MR) is 169 cm³/mol.